The van der Waals surface area contributed by atoms with Crippen molar-refractivity contribution >= 4 is 35.0 Å². The molecule has 1 aliphatic rings. The number of nitrogens with zero attached hydrogens (tertiary/aromatic N) is 1. The van der Waals surface area contributed by atoms with Gasteiger partial charge in [-0.15, -0.1) is 0 Å². The maximum absolute atomic E-state index is 12.4. The second kappa shape index (κ2) is 9.80. The summed E-state index contributed by atoms with van der Waals surface area (Å²) < 4.78 is 5.38. The number of benzene rings is 2. The summed E-state index contributed by atoms with van der Waals surface area (Å²) in [7, 11) is 0. The zero-order valence-electron chi connectivity index (χ0n) is 15.4. The predicted molar refractivity (Wildman–Crippen MR) is 110 cm³/mol. The number of fused-ring (bicyclic) bond motifs is 1. The van der Waals surface area contributed by atoms with E-state index in [2.05, 4.69) is 17.4 Å². The molecule has 5 nitrogen and oxygen atoms in total. The molecule has 0 spiro atoms. The van der Waals surface area contributed by atoms with Crippen LogP contribution in [-0.2, 0) is 22.6 Å². The van der Waals surface area contributed by atoms with Gasteiger partial charge in [-0.2, -0.15) is 0 Å². The summed E-state index contributed by atoms with van der Waals surface area (Å²) in [5.41, 5.74) is 2.53. The Morgan fingerprint density at radius 1 is 1.11 bits per heavy atom. The topological polar surface area (TPSA) is 58.6 Å². The van der Waals surface area contributed by atoms with Crippen molar-refractivity contribution in [2.75, 3.05) is 19.7 Å². The van der Waals surface area contributed by atoms with Gasteiger partial charge in [-0.05, 0) is 36.1 Å². The minimum absolute atomic E-state index is 0.116. The molecule has 2 amide bonds. The smallest absolute Gasteiger partial charge is 0.257 e. The van der Waals surface area contributed by atoms with E-state index in [0.717, 1.165) is 13.0 Å². The van der Waals surface area contributed by atoms with Crippen LogP contribution >= 0.6 is 23.2 Å². The Morgan fingerprint density at radius 2 is 1.89 bits per heavy atom. The summed E-state index contributed by atoms with van der Waals surface area (Å²) in [6.07, 6.45) is 1.88. The number of halogens is 2. The number of hydrogen-bond donors (Lipinski definition) is 1. The highest BCUT2D eigenvalue weighted by Gasteiger charge is 2.19. The molecule has 1 aliphatic heterocycles. The van der Waals surface area contributed by atoms with Crippen LogP contribution in [0.3, 0.4) is 0 Å². The number of carbonyl (C=O) groups is 2. The van der Waals surface area contributed by atoms with E-state index in [-0.39, 0.29) is 18.4 Å². The predicted octanol–water partition coefficient (Wildman–Crippen LogP) is 3.85. The molecular formula is C21H22Cl2N2O3. The lowest BCUT2D eigenvalue weighted by molar-refractivity contribution is -0.132. The Labute approximate surface area is 174 Å². The zero-order chi connectivity index (χ0) is 19.9. The Kier molecular flexibility index (Phi) is 7.18. The number of amides is 2. The van der Waals surface area contributed by atoms with E-state index in [1.165, 1.54) is 11.1 Å². The molecule has 0 fully saturated rings. The van der Waals surface area contributed by atoms with E-state index < -0.39 is 0 Å². The summed E-state index contributed by atoms with van der Waals surface area (Å²) >= 11 is 11.9. The molecule has 0 atom stereocenters. The molecule has 148 valence electrons. The first-order chi connectivity index (χ1) is 13.5. The maximum Gasteiger partial charge on any atom is 0.257 e. The molecule has 0 bridgehead atoms. The molecule has 1 N–H and O–H groups in total. The van der Waals surface area contributed by atoms with Crippen molar-refractivity contribution in [3.05, 3.63) is 63.6 Å². The SMILES string of the molecule is O=C(COc1cc(Cl)ccc1Cl)NCCCC(=O)N1CCc2ccccc2C1. The molecule has 7 heteroatoms. The van der Waals surface area contributed by atoms with Gasteiger partial charge in [0.2, 0.25) is 5.91 Å². The standard InChI is InChI=1S/C21H22Cl2N2O3/c22-17-7-8-18(23)19(12-17)28-14-20(26)24-10-3-6-21(27)25-11-9-15-4-1-2-5-16(15)13-25/h1-2,4-5,7-8,12H,3,6,9-11,13-14H2,(H,24,26). The van der Waals surface area contributed by atoms with Crippen LogP contribution in [0.5, 0.6) is 5.75 Å². The molecule has 2 aromatic carbocycles. The third kappa shape index (κ3) is 5.63. The minimum atomic E-state index is -0.268. The first kappa shape index (κ1) is 20.5. The fourth-order valence-corrected chi connectivity index (χ4v) is 3.45. The first-order valence-corrected chi connectivity index (χ1v) is 9.97. The van der Waals surface area contributed by atoms with Gasteiger partial charge in [0.15, 0.2) is 6.61 Å². The molecule has 2 aromatic rings. The average molecular weight is 421 g/mol. The Morgan fingerprint density at radius 3 is 2.71 bits per heavy atom. The largest absolute Gasteiger partial charge is 0.482 e. The number of nitrogens with one attached hydrogen (secondary N) is 1. The van der Waals surface area contributed by atoms with E-state index in [0.29, 0.717) is 41.7 Å². The monoisotopic (exact) mass is 420 g/mol. The average Bonchev–Trinajstić information content (AvgIpc) is 2.71. The summed E-state index contributed by atoms with van der Waals surface area (Å²) in [6, 6.07) is 13.0. The van der Waals surface area contributed by atoms with Crippen LogP contribution in [0.1, 0.15) is 24.0 Å². The van der Waals surface area contributed by atoms with Gasteiger partial charge in [0.25, 0.3) is 5.91 Å². The molecule has 3 rings (SSSR count). The highest BCUT2D eigenvalue weighted by atomic mass is 35.5. The normalized spacial score (nSPS) is 13.0. The van der Waals surface area contributed by atoms with E-state index in [9.17, 15) is 9.59 Å². The fraction of sp³-hybridized carbons (Fsp3) is 0.333. The molecule has 0 aliphatic carbocycles. The summed E-state index contributed by atoms with van der Waals surface area (Å²) in [6.45, 7) is 1.67. The van der Waals surface area contributed by atoms with Crippen LogP contribution in [0, 0.1) is 0 Å². The Balaban J connectivity index is 1.34. The van der Waals surface area contributed by atoms with Crippen molar-refractivity contribution in [3.63, 3.8) is 0 Å². The van der Waals surface area contributed by atoms with Crippen molar-refractivity contribution in [3.8, 4) is 5.75 Å². The van der Waals surface area contributed by atoms with E-state index in [1.807, 2.05) is 17.0 Å². The van der Waals surface area contributed by atoms with Crippen LogP contribution in [0.4, 0.5) is 0 Å². The second-order valence-electron chi connectivity index (χ2n) is 6.65. The zero-order valence-corrected chi connectivity index (χ0v) is 16.9. The van der Waals surface area contributed by atoms with Gasteiger partial charge in [-0.25, -0.2) is 0 Å². The van der Waals surface area contributed by atoms with Crippen molar-refractivity contribution in [2.45, 2.75) is 25.8 Å². The Bertz CT molecular complexity index is 857. The van der Waals surface area contributed by atoms with Gasteiger partial charge in [-0.3, -0.25) is 9.59 Å². The molecule has 28 heavy (non-hydrogen) atoms. The molecular weight excluding hydrogens is 399 g/mol. The van der Waals surface area contributed by atoms with Crippen molar-refractivity contribution < 1.29 is 14.3 Å². The van der Waals surface area contributed by atoms with Gasteiger partial charge in [0, 0.05) is 37.1 Å². The second-order valence-corrected chi connectivity index (χ2v) is 7.49. The van der Waals surface area contributed by atoms with E-state index in [1.54, 1.807) is 18.2 Å². The molecule has 0 saturated heterocycles. The van der Waals surface area contributed by atoms with Gasteiger partial charge >= 0.3 is 0 Å². The number of carbonyl (C=O) groups excluding carboxylic acids is 2. The van der Waals surface area contributed by atoms with Gasteiger partial charge in [-0.1, -0.05) is 47.5 Å². The number of hydrogen-bond acceptors (Lipinski definition) is 3. The summed E-state index contributed by atoms with van der Waals surface area (Å²) in [5, 5.41) is 3.63. The van der Waals surface area contributed by atoms with Crippen LogP contribution < -0.4 is 10.1 Å². The third-order valence-electron chi connectivity index (χ3n) is 4.62. The first-order valence-electron chi connectivity index (χ1n) is 9.22. The van der Waals surface area contributed by atoms with Crippen LogP contribution in [-0.4, -0.2) is 36.4 Å². The Hall–Kier alpha value is -2.24. The lowest BCUT2D eigenvalue weighted by Crippen LogP contribution is -2.36. The van der Waals surface area contributed by atoms with Crippen LogP contribution in [0.15, 0.2) is 42.5 Å². The maximum atomic E-state index is 12.4. The number of rotatable bonds is 7. The minimum Gasteiger partial charge on any atom is -0.482 e. The highest BCUT2D eigenvalue weighted by Crippen LogP contribution is 2.27. The number of ether oxygens (including phenoxy) is 1. The third-order valence-corrected chi connectivity index (χ3v) is 5.17. The van der Waals surface area contributed by atoms with Crippen molar-refractivity contribution in [1.82, 2.24) is 10.2 Å². The lowest BCUT2D eigenvalue weighted by atomic mass is 9.99. The van der Waals surface area contributed by atoms with Crippen molar-refractivity contribution in [2.24, 2.45) is 0 Å². The van der Waals surface area contributed by atoms with Crippen LogP contribution in [0.25, 0.3) is 0 Å². The highest BCUT2D eigenvalue weighted by molar-refractivity contribution is 6.34. The lowest BCUT2D eigenvalue weighted by Gasteiger charge is -2.29. The van der Waals surface area contributed by atoms with E-state index in [4.69, 9.17) is 27.9 Å². The molecule has 0 aromatic heterocycles. The van der Waals surface area contributed by atoms with Crippen molar-refractivity contribution in [1.29, 1.82) is 0 Å². The fourth-order valence-electron chi connectivity index (χ4n) is 3.12. The van der Waals surface area contributed by atoms with Gasteiger partial charge in [0.05, 0.1) is 5.02 Å². The summed E-state index contributed by atoms with van der Waals surface area (Å²) in [4.78, 5) is 26.2. The summed E-state index contributed by atoms with van der Waals surface area (Å²) in [5.74, 6) is 0.214. The molecule has 0 radical (unpaired) electrons. The quantitative estimate of drug-likeness (QED) is 0.691. The molecule has 0 saturated carbocycles. The molecule has 0 unspecified atom stereocenters. The van der Waals surface area contributed by atoms with Crippen LogP contribution in [0.2, 0.25) is 10.0 Å². The van der Waals surface area contributed by atoms with Gasteiger partial charge < -0.3 is 15.0 Å². The molecule has 1 heterocycles. The van der Waals surface area contributed by atoms with E-state index >= 15 is 0 Å². The van der Waals surface area contributed by atoms with Gasteiger partial charge in [0.1, 0.15) is 5.75 Å².